The summed E-state index contributed by atoms with van der Waals surface area (Å²) in [6.45, 7) is 6.07. The Balaban J connectivity index is 1.42. The molecule has 1 aliphatic carbocycles. The second kappa shape index (κ2) is 13.7. The lowest BCUT2D eigenvalue weighted by Gasteiger charge is -2.39. The number of ether oxygens (including phenoxy) is 1. The maximum atomic E-state index is 13.9. The van der Waals surface area contributed by atoms with Crippen LogP contribution in [-0.4, -0.2) is 47.4 Å². The number of alkyl carbamates (subject to hydrolysis) is 1. The Morgan fingerprint density at radius 3 is 2.33 bits per heavy atom. The molecule has 39 heavy (non-hydrogen) atoms. The average Bonchev–Trinajstić information content (AvgIpc) is 3.14. The normalized spacial score (nSPS) is 17.9. The van der Waals surface area contributed by atoms with Gasteiger partial charge in [0.2, 0.25) is 5.91 Å². The summed E-state index contributed by atoms with van der Waals surface area (Å²) in [7, 11) is 0. The van der Waals surface area contributed by atoms with Crippen LogP contribution in [0, 0.1) is 5.92 Å². The highest BCUT2D eigenvalue weighted by molar-refractivity contribution is 5.96. The second-order valence-corrected chi connectivity index (χ2v) is 11.5. The van der Waals surface area contributed by atoms with Crippen LogP contribution in [0.2, 0.25) is 0 Å². The van der Waals surface area contributed by atoms with E-state index in [2.05, 4.69) is 39.8 Å². The van der Waals surface area contributed by atoms with Crippen molar-refractivity contribution in [1.82, 2.24) is 15.5 Å². The Morgan fingerprint density at radius 1 is 0.923 bits per heavy atom. The van der Waals surface area contributed by atoms with Crippen molar-refractivity contribution in [2.45, 2.75) is 89.9 Å². The number of fused-ring (bicyclic) bond motifs is 1. The van der Waals surface area contributed by atoms with Crippen LogP contribution < -0.4 is 10.6 Å². The smallest absolute Gasteiger partial charge is 0.408 e. The molecule has 2 aromatic rings. The number of hydrogen-bond acceptors (Lipinski definition) is 5. The van der Waals surface area contributed by atoms with E-state index in [1.54, 1.807) is 0 Å². The van der Waals surface area contributed by atoms with Crippen LogP contribution in [0.15, 0.2) is 54.6 Å². The van der Waals surface area contributed by atoms with Crippen molar-refractivity contribution in [2.75, 3.05) is 13.1 Å². The minimum atomic E-state index is -0.897. The van der Waals surface area contributed by atoms with Gasteiger partial charge in [0.1, 0.15) is 12.6 Å². The van der Waals surface area contributed by atoms with Gasteiger partial charge in [0, 0.05) is 6.54 Å². The number of nitrogens with zero attached hydrogens (tertiary/aromatic N) is 1. The minimum Gasteiger partial charge on any atom is -0.445 e. The first-order chi connectivity index (χ1) is 18.8. The molecule has 210 valence electrons. The van der Waals surface area contributed by atoms with Crippen LogP contribution in [0.3, 0.4) is 0 Å². The lowest BCUT2D eigenvalue weighted by Crippen LogP contribution is -2.61. The van der Waals surface area contributed by atoms with Crippen LogP contribution in [0.5, 0.6) is 0 Å². The SMILES string of the molecule is CC(C)C[C@H](NC(=O)OCc1ccccc1)C(=O)NC1(C(=O)CN2CCCc3ccccc3C2)CCCCC1. The predicted molar refractivity (Wildman–Crippen MR) is 152 cm³/mol. The Kier molecular flexibility index (Phi) is 10.2. The van der Waals surface area contributed by atoms with Gasteiger partial charge in [-0.3, -0.25) is 14.5 Å². The van der Waals surface area contributed by atoms with Gasteiger partial charge in [0.15, 0.2) is 5.78 Å². The standard InChI is InChI=1S/C32H43N3O4/c1-24(2)20-28(33-31(38)39-23-25-12-5-3-6-13-25)30(37)34-32(17-9-4-10-18-32)29(36)22-35-19-11-16-26-14-7-8-15-27(26)21-35/h3,5-8,12-15,24,28H,4,9-11,16-23H2,1-2H3,(H,33,38)(H,34,37)/t28-/m0/s1. The molecule has 2 aromatic carbocycles. The Labute approximate surface area is 232 Å². The largest absolute Gasteiger partial charge is 0.445 e. The fourth-order valence-electron chi connectivity index (χ4n) is 5.82. The molecule has 0 radical (unpaired) electrons. The van der Waals surface area contributed by atoms with Crippen LogP contribution in [0.25, 0.3) is 0 Å². The van der Waals surface area contributed by atoms with E-state index in [0.29, 0.717) is 25.8 Å². The number of benzene rings is 2. The van der Waals surface area contributed by atoms with Gasteiger partial charge >= 0.3 is 6.09 Å². The molecule has 7 nitrogen and oxygen atoms in total. The van der Waals surface area contributed by atoms with Gasteiger partial charge in [-0.05, 0) is 61.3 Å². The summed E-state index contributed by atoms with van der Waals surface area (Å²) < 4.78 is 5.39. The summed E-state index contributed by atoms with van der Waals surface area (Å²) in [6.07, 6.45) is 5.98. The number of nitrogens with one attached hydrogen (secondary N) is 2. The third-order valence-corrected chi connectivity index (χ3v) is 7.93. The zero-order valence-corrected chi connectivity index (χ0v) is 23.4. The molecule has 1 aliphatic heterocycles. The Morgan fingerprint density at radius 2 is 1.62 bits per heavy atom. The molecule has 2 N–H and O–H groups in total. The average molecular weight is 534 g/mol. The lowest BCUT2D eigenvalue weighted by atomic mass is 9.78. The van der Waals surface area contributed by atoms with Gasteiger partial charge < -0.3 is 15.4 Å². The molecule has 0 saturated heterocycles. The van der Waals surface area contributed by atoms with Crippen molar-refractivity contribution in [3.63, 3.8) is 0 Å². The molecule has 0 bridgehead atoms. The monoisotopic (exact) mass is 533 g/mol. The Bertz CT molecular complexity index is 1110. The number of rotatable bonds is 10. The van der Waals surface area contributed by atoms with E-state index in [1.165, 1.54) is 11.1 Å². The third kappa shape index (κ3) is 8.15. The molecule has 2 amide bonds. The predicted octanol–water partition coefficient (Wildman–Crippen LogP) is 5.16. The number of aryl methyl sites for hydroxylation is 1. The van der Waals surface area contributed by atoms with Crippen molar-refractivity contribution >= 4 is 17.8 Å². The fraction of sp³-hybridized carbons (Fsp3) is 0.531. The minimum absolute atomic E-state index is 0.0740. The molecule has 7 heteroatoms. The van der Waals surface area contributed by atoms with Crippen molar-refractivity contribution in [3.05, 3.63) is 71.3 Å². The van der Waals surface area contributed by atoms with Crippen molar-refractivity contribution in [2.24, 2.45) is 5.92 Å². The maximum absolute atomic E-state index is 13.9. The van der Waals surface area contributed by atoms with Gasteiger partial charge in [-0.2, -0.15) is 0 Å². The summed E-state index contributed by atoms with van der Waals surface area (Å²) in [5, 5.41) is 5.93. The van der Waals surface area contributed by atoms with Crippen molar-refractivity contribution < 1.29 is 19.1 Å². The van der Waals surface area contributed by atoms with Crippen LogP contribution in [0.1, 0.15) is 75.5 Å². The molecule has 0 spiro atoms. The molecule has 1 saturated carbocycles. The number of Topliss-reactive ketones (excluding diaryl/α,β-unsaturated/α-hetero) is 1. The van der Waals surface area contributed by atoms with Gasteiger partial charge in [0.05, 0.1) is 12.1 Å². The molecule has 1 heterocycles. The van der Waals surface area contributed by atoms with Gasteiger partial charge in [-0.25, -0.2) is 4.79 Å². The van der Waals surface area contributed by atoms with E-state index in [9.17, 15) is 14.4 Å². The molecular formula is C32H43N3O4. The number of carbonyl (C=O) groups excluding carboxylic acids is 3. The molecule has 0 aromatic heterocycles. The van der Waals surface area contributed by atoms with Crippen LogP contribution in [-0.2, 0) is 33.9 Å². The first-order valence-electron chi connectivity index (χ1n) is 14.5. The topological polar surface area (TPSA) is 87.7 Å². The fourth-order valence-corrected chi connectivity index (χ4v) is 5.82. The molecule has 1 atom stereocenters. The number of carbonyl (C=O) groups is 3. The van der Waals surface area contributed by atoms with Crippen LogP contribution in [0.4, 0.5) is 4.79 Å². The van der Waals surface area contributed by atoms with E-state index < -0.39 is 17.7 Å². The summed E-state index contributed by atoms with van der Waals surface area (Å²) >= 11 is 0. The zero-order chi connectivity index (χ0) is 27.7. The molecule has 4 rings (SSSR count). The number of hydrogen-bond donors (Lipinski definition) is 2. The first kappa shape index (κ1) is 28.8. The lowest BCUT2D eigenvalue weighted by molar-refractivity contribution is -0.135. The van der Waals surface area contributed by atoms with Gasteiger partial charge in [-0.15, -0.1) is 0 Å². The van der Waals surface area contributed by atoms with Gasteiger partial charge in [0.25, 0.3) is 0 Å². The highest BCUT2D eigenvalue weighted by atomic mass is 16.5. The van der Waals surface area contributed by atoms with E-state index >= 15 is 0 Å². The second-order valence-electron chi connectivity index (χ2n) is 11.5. The van der Waals surface area contributed by atoms with Gasteiger partial charge in [-0.1, -0.05) is 87.7 Å². The molecular weight excluding hydrogens is 490 g/mol. The van der Waals surface area contributed by atoms with Crippen LogP contribution >= 0.6 is 0 Å². The molecule has 2 aliphatic rings. The highest BCUT2D eigenvalue weighted by Gasteiger charge is 2.42. The summed E-state index contributed by atoms with van der Waals surface area (Å²) in [5.74, 6) is -0.0629. The quantitative estimate of drug-likeness (QED) is 0.440. The highest BCUT2D eigenvalue weighted by Crippen LogP contribution is 2.30. The maximum Gasteiger partial charge on any atom is 0.408 e. The number of ketones is 1. The summed E-state index contributed by atoms with van der Waals surface area (Å²) in [4.78, 5) is 42.4. The van der Waals surface area contributed by atoms with Crippen molar-refractivity contribution in [1.29, 1.82) is 0 Å². The summed E-state index contributed by atoms with van der Waals surface area (Å²) in [6, 6.07) is 17.1. The van der Waals surface area contributed by atoms with E-state index in [-0.39, 0.29) is 24.2 Å². The third-order valence-electron chi connectivity index (χ3n) is 7.93. The van der Waals surface area contributed by atoms with E-state index in [1.807, 2.05) is 44.2 Å². The molecule has 1 fully saturated rings. The Hall–Kier alpha value is -3.19. The summed E-state index contributed by atoms with van der Waals surface area (Å²) in [5.41, 5.74) is 2.61. The van der Waals surface area contributed by atoms with E-state index in [0.717, 1.165) is 50.8 Å². The van der Waals surface area contributed by atoms with E-state index in [4.69, 9.17) is 4.74 Å². The van der Waals surface area contributed by atoms with Crippen molar-refractivity contribution in [3.8, 4) is 0 Å². The first-order valence-corrected chi connectivity index (χ1v) is 14.5. The number of amides is 2. The zero-order valence-electron chi connectivity index (χ0n) is 23.4. The molecule has 0 unspecified atom stereocenters.